The number of alkyl halides is 2. The summed E-state index contributed by atoms with van der Waals surface area (Å²) in [5.74, 6) is -2.53. The molecule has 0 fully saturated rings. The van der Waals surface area contributed by atoms with E-state index in [9.17, 15) is 17.6 Å². The minimum Gasteiger partial charge on any atom is -0.220 e. The third-order valence-corrected chi connectivity index (χ3v) is 1.51. The van der Waals surface area contributed by atoms with Crippen LogP contribution in [0.2, 0.25) is 0 Å². The van der Waals surface area contributed by atoms with Gasteiger partial charge in [0.15, 0.2) is 0 Å². The molecule has 0 N–H and O–H groups in total. The van der Waals surface area contributed by atoms with E-state index in [1.165, 1.54) is 0 Å². The van der Waals surface area contributed by atoms with Crippen molar-refractivity contribution >= 4 is 0 Å². The van der Waals surface area contributed by atoms with E-state index in [0.717, 1.165) is 0 Å². The molecule has 1 rings (SSSR count). The van der Waals surface area contributed by atoms with Gasteiger partial charge in [-0.1, -0.05) is 0 Å². The summed E-state index contributed by atoms with van der Waals surface area (Å²) >= 11 is 0. The van der Waals surface area contributed by atoms with Crippen molar-refractivity contribution in [3.63, 3.8) is 0 Å². The third kappa shape index (κ3) is 1.99. The Morgan fingerprint density at radius 1 is 1.43 bits per heavy atom. The second-order valence-electron chi connectivity index (χ2n) is 2.43. The van der Waals surface area contributed by atoms with Crippen LogP contribution in [0.15, 0.2) is 6.07 Å². The number of hydrogen-bond acceptors (Lipinski definition) is 2. The fraction of sp³-hybridized carbons (Fsp3) is 0.250. The van der Waals surface area contributed by atoms with Crippen LogP contribution in [0.1, 0.15) is 17.7 Å². The molecule has 0 spiro atoms. The highest BCUT2D eigenvalue weighted by Crippen LogP contribution is 2.22. The smallest absolute Gasteiger partial charge is 0.220 e. The largest absolute Gasteiger partial charge is 0.268 e. The highest BCUT2D eigenvalue weighted by molar-refractivity contribution is 5.20. The molecule has 0 bridgehead atoms. The average Bonchev–Trinajstić information content (AvgIpc) is 2.10. The molecule has 0 aliphatic rings. The minimum atomic E-state index is -3.12. The third-order valence-electron chi connectivity index (χ3n) is 1.51. The van der Waals surface area contributed by atoms with E-state index < -0.39 is 35.9 Å². The summed E-state index contributed by atoms with van der Waals surface area (Å²) < 4.78 is 49.6. The van der Waals surface area contributed by atoms with Gasteiger partial charge >= 0.3 is 0 Å². The molecule has 1 heterocycles. The summed E-state index contributed by atoms with van der Waals surface area (Å²) in [5, 5.41) is 8.19. The highest BCUT2D eigenvalue weighted by atomic mass is 19.3. The molecule has 0 radical (unpaired) electrons. The zero-order valence-corrected chi connectivity index (χ0v) is 6.77. The van der Waals surface area contributed by atoms with E-state index in [1.807, 2.05) is 0 Å². The molecule has 1 aromatic rings. The molecule has 74 valence electrons. The van der Waals surface area contributed by atoms with E-state index in [4.69, 9.17) is 5.26 Å². The Hall–Kier alpha value is -1.64. The van der Waals surface area contributed by atoms with Gasteiger partial charge in [0.1, 0.15) is 5.82 Å². The normalized spacial score (nSPS) is 10.3. The van der Waals surface area contributed by atoms with Gasteiger partial charge in [-0.3, -0.25) is 0 Å². The van der Waals surface area contributed by atoms with Crippen LogP contribution in [0, 0.1) is 23.1 Å². The van der Waals surface area contributed by atoms with E-state index in [1.54, 1.807) is 6.07 Å². The molecule has 14 heavy (non-hydrogen) atoms. The number of nitrogens with zero attached hydrogens (tertiary/aromatic N) is 2. The first kappa shape index (κ1) is 10.4. The Labute approximate surface area is 76.8 Å². The number of nitriles is 1. The molecule has 0 aromatic carbocycles. The van der Waals surface area contributed by atoms with Gasteiger partial charge in [-0.15, -0.1) is 0 Å². The molecule has 0 unspecified atom stereocenters. The fourth-order valence-corrected chi connectivity index (χ4v) is 0.868. The van der Waals surface area contributed by atoms with Crippen LogP contribution in [-0.2, 0) is 6.42 Å². The molecule has 0 saturated carbocycles. The lowest BCUT2D eigenvalue weighted by molar-refractivity contribution is 0.144. The quantitative estimate of drug-likeness (QED) is 0.547. The number of hydrogen-bond donors (Lipinski definition) is 0. The van der Waals surface area contributed by atoms with Gasteiger partial charge in [0.05, 0.1) is 23.7 Å². The summed E-state index contributed by atoms with van der Waals surface area (Å²) in [7, 11) is 0. The van der Waals surface area contributed by atoms with Gasteiger partial charge in [-0.05, 0) is 6.07 Å². The highest BCUT2D eigenvalue weighted by Gasteiger charge is 2.18. The van der Waals surface area contributed by atoms with Crippen molar-refractivity contribution in [3.8, 4) is 6.07 Å². The van der Waals surface area contributed by atoms with Gasteiger partial charge in [-0.25, -0.2) is 18.2 Å². The zero-order chi connectivity index (χ0) is 10.7. The molecule has 2 nitrogen and oxygen atoms in total. The summed E-state index contributed by atoms with van der Waals surface area (Å²) in [6.45, 7) is 0. The lowest BCUT2D eigenvalue weighted by Gasteiger charge is -2.03. The second-order valence-corrected chi connectivity index (χ2v) is 2.43. The molecule has 0 amide bonds. The topological polar surface area (TPSA) is 36.7 Å². The van der Waals surface area contributed by atoms with Crippen molar-refractivity contribution in [1.29, 1.82) is 5.26 Å². The van der Waals surface area contributed by atoms with Gasteiger partial charge < -0.3 is 0 Å². The van der Waals surface area contributed by atoms with Gasteiger partial charge in [0, 0.05) is 0 Å². The van der Waals surface area contributed by atoms with E-state index in [2.05, 4.69) is 4.98 Å². The molecule has 0 aliphatic heterocycles. The molecular weight excluding hydrogens is 200 g/mol. The predicted molar refractivity (Wildman–Crippen MR) is 38.4 cm³/mol. The van der Waals surface area contributed by atoms with Crippen LogP contribution in [0.25, 0.3) is 0 Å². The first-order valence-corrected chi connectivity index (χ1v) is 3.56. The fourth-order valence-electron chi connectivity index (χ4n) is 0.868. The van der Waals surface area contributed by atoms with Crippen molar-refractivity contribution in [1.82, 2.24) is 4.98 Å². The summed E-state index contributed by atoms with van der Waals surface area (Å²) in [4.78, 5) is 2.94. The Kier molecular flexibility index (Phi) is 3.02. The van der Waals surface area contributed by atoms with Gasteiger partial charge in [-0.2, -0.15) is 9.65 Å². The molecular formula is C8H4F4N2. The van der Waals surface area contributed by atoms with E-state index in [-0.39, 0.29) is 0 Å². The number of rotatable bonds is 2. The Morgan fingerprint density at radius 3 is 2.57 bits per heavy atom. The second kappa shape index (κ2) is 4.05. The van der Waals surface area contributed by atoms with Crippen LogP contribution in [0.4, 0.5) is 17.6 Å². The number of pyridine rings is 1. The first-order valence-electron chi connectivity index (χ1n) is 3.56. The molecule has 0 atom stereocenters. The van der Waals surface area contributed by atoms with Crippen LogP contribution in [0.5, 0.6) is 0 Å². The van der Waals surface area contributed by atoms with Gasteiger partial charge in [0.25, 0.3) is 6.43 Å². The molecule has 6 heteroatoms. The molecule has 0 saturated heterocycles. The Bertz CT molecular complexity index is 384. The summed E-state index contributed by atoms with van der Waals surface area (Å²) in [5.41, 5.74) is -1.56. The van der Waals surface area contributed by atoms with Crippen molar-refractivity contribution in [2.24, 2.45) is 0 Å². The zero-order valence-electron chi connectivity index (χ0n) is 6.77. The van der Waals surface area contributed by atoms with Crippen molar-refractivity contribution in [2.45, 2.75) is 12.8 Å². The maximum absolute atomic E-state index is 12.9. The minimum absolute atomic E-state index is 0.361. The van der Waals surface area contributed by atoms with Crippen LogP contribution in [-0.4, -0.2) is 4.98 Å². The SMILES string of the molecule is N#CCc1nc(F)c(C(F)F)cc1F. The Morgan fingerprint density at radius 2 is 2.07 bits per heavy atom. The molecule has 0 aliphatic carbocycles. The Balaban J connectivity index is 3.18. The maximum Gasteiger partial charge on any atom is 0.268 e. The maximum atomic E-state index is 12.9. The van der Waals surface area contributed by atoms with Crippen molar-refractivity contribution in [3.05, 3.63) is 29.1 Å². The van der Waals surface area contributed by atoms with Gasteiger partial charge in [0.2, 0.25) is 5.95 Å². The van der Waals surface area contributed by atoms with E-state index >= 15 is 0 Å². The monoisotopic (exact) mass is 204 g/mol. The lowest BCUT2D eigenvalue weighted by atomic mass is 10.2. The summed E-state index contributed by atoms with van der Waals surface area (Å²) in [6.07, 6.45) is -3.57. The standard InChI is InChI=1S/C8H4F4N2/c9-5-3-4(7(10)11)8(12)14-6(5)1-2-13/h3,7H,1H2. The van der Waals surface area contributed by atoms with E-state index in [0.29, 0.717) is 6.07 Å². The first-order chi connectivity index (χ1) is 6.56. The van der Waals surface area contributed by atoms with Crippen molar-refractivity contribution in [2.75, 3.05) is 0 Å². The number of aromatic nitrogens is 1. The van der Waals surface area contributed by atoms with Crippen LogP contribution >= 0.6 is 0 Å². The number of halogens is 4. The predicted octanol–water partition coefficient (Wildman–Crippen LogP) is 2.36. The summed E-state index contributed by atoms with van der Waals surface area (Å²) in [6, 6.07) is 1.90. The molecule has 1 aromatic heterocycles. The van der Waals surface area contributed by atoms with Crippen molar-refractivity contribution < 1.29 is 17.6 Å². The lowest BCUT2D eigenvalue weighted by Crippen LogP contribution is -2.02. The van der Waals surface area contributed by atoms with Crippen LogP contribution < -0.4 is 0 Å². The average molecular weight is 204 g/mol. The van der Waals surface area contributed by atoms with Crippen LogP contribution in [0.3, 0.4) is 0 Å².